The Kier molecular flexibility index (Phi) is 4.92. The first-order valence-corrected chi connectivity index (χ1v) is 9.20. The van der Waals surface area contributed by atoms with Gasteiger partial charge in [0.15, 0.2) is 5.82 Å². The number of piperidine rings is 1. The lowest BCUT2D eigenvalue weighted by Gasteiger charge is -2.32. The first-order chi connectivity index (χ1) is 13.6. The van der Waals surface area contributed by atoms with Gasteiger partial charge in [0.1, 0.15) is 5.69 Å². The molecule has 4 rings (SSSR count). The summed E-state index contributed by atoms with van der Waals surface area (Å²) >= 11 is 0. The number of hydrogen-bond acceptors (Lipinski definition) is 6. The summed E-state index contributed by atoms with van der Waals surface area (Å²) in [6, 6.07) is 5.02. The largest absolute Gasteiger partial charge is 0.338 e. The second kappa shape index (κ2) is 7.67. The van der Waals surface area contributed by atoms with Crippen molar-refractivity contribution in [3.05, 3.63) is 70.3 Å². The van der Waals surface area contributed by atoms with Gasteiger partial charge in [-0.05, 0) is 31.9 Å². The van der Waals surface area contributed by atoms with Crippen LogP contribution in [0.3, 0.4) is 0 Å². The van der Waals surface area contributed by atoms with E-state index in [9.17, 15) is 9.59 Å². The lowest BCUT2D eigenvalue weighted by molar-refractivity contribution is 0.0705. The van der Waals surface area contributed by atoms with Crippen LogP contribution < -0.4 is 5.56 Å². The van der Waals surface area contributed by atoms with Crippen LogP contribution in [0.1, 0.15) is 40.5 Å². The summed E-state index contributed by atoms with van der Waals surface area (Å²) in [5.41, 5.74) is 2.31. The Morgan fingerprint density at radius 1 is 1.25 bits per heavy atom. The molecular formula is C20H20N6O2. The minimum absolute atomic E-state index is 0.00571. The van der Waals surface area contributed by atoms with Gasteiger partial charge in [0, 0.05) is 43.7 Å². The third-order valence-electron chi connectivity index (χ3n) is 4.82. The Hall–Kier alpha value is -3.42. The van der Waals surface area contributed by atoms with Crippen molar-refractivity contribution in [3.8, 4) is 11.5 Å². The summed E-state index contributed by atoms with van der Waals surface area (Å²) < 4.78 is 0. The molecule has 1 N–H and O–H groups in total. The average molecular weight is 376 g/mol. The van der Waals surface area contributed by atoms with Crippen molar-refractivity contribution in [3.63, 3.8) is 0 Å². The summed E-state index contributed by atoms with van der Waals surface area (Å²) in [6.07, 6.45) is 8.17. The van der Waals surface area contributed by atoms with E-state index in [0.29, 0.717) is 35.9 Å². The molecule has 0 aromatic carbocycles. The topological polar surface area (TPSA) is 105 Å². The number of rotatable bonds is 3. The SMILES string of the molecule is Cc1cnc(-c2nc([C@@H]3CCCN(C(=O)c4cccnc4)C3)cc(=O)[nH]2)cn1. The van der Waals surface area contributed by atoms with Crippen molar-refractivity contribution in [2.75, 3.05) is 13.1 Å². The molecule has 1 amide bonds. The fourth-order valence-corrected chi connectivity index (χ4v) is 3.40. The number of aromatic amines is 1. The number of amides is 1. The molecular weight excluding hydrogens is 356 g/mol. The second-order valence-corrected chi connectivity index (χ2v) is 6.89. The molecule has 1 aliphatic heterocycles. The zero-order chi connectivity index (χ0) is 19.5. The quantitative estimate of drug-likeness (QED) is 0.749. The van der Waals surface area contributed by atoms with E-state index in [1.807, 2.05) is 6.92 Å². The lowest BCUT2D eigenvalue weighted by Crippen LogP contribution is -2.39. The molecule has 0 bridgehead atoms. The van der Waals surface area contributed by atoms with E-state index in [0.717, 1.165) is 18.5 Å². The molecule has 0 aliphatic carbocycles. The molecule has 3 aromatic rings. The van der Waals surface area contributed by atoms with Crippen LogP contribution in [0.25, 0.3) is 11.5 Å². The number of aromatic nitrogens is 5. The van der Waals surface area contributed by atoms with Crippen LogP contribution in [0, 0.1) is 6.92 Å². The molecule has 8 nitrogen and oxygen atoms in total. The highest BCUT2D eigenvalue weighted by molar-refractivity contribution is 5.94. The van der Waals surface area contributed by atoms with Crippen LogP contribution in [0.15, 0.2) is 47.8 Å². The molecule has 0 unspecified atom stereocenters. The molecule has 3 aromatic heterocycles. The van der Waals surface area contributed by atoms with Crippen LogP contribution in [-0.2, 0) is 0 Å². The van der Waals surface area contributed by atoms with Crippen molar-refractivity contribution in [2.24, 2.45) is 0 Å². The summed E-state index contributed by atoms with van der Waals surface area (Å²) in [4.78, 5) is 46.6. The number of nitrogens with zero attached hydrogens (tertiary/aromatic N) is 5. The molecule has 28 heavy (non-hydrogen) atoms. The van der Waals surface area contributed by atoms with Gasteiger partial charge in [0.05, 0.1) is 23.1 Å². The van der Waals surface area contributed by atoms with Gasteiger partial charge in [-0.25, -0.2) is 9.97 Å². The summed E-state index contributed by atoms with van der Waals surface area (Å²) in [7, 11) is 0. The van der Waals surface area contributed by atoms with Crippen molar-refractivity contribution in [2.45, 2.75) is 25.7 Å². The first-order valence-electron chi connectivity index (χ1n) is 9.20. The number of carbonyl (C=O) groups excluding carboxylic acids is 1. The summed E-state index contributed by atoms with van der Waals surface area (Å²) in [6.45, 7) is 3.05. The zero-order valence-electron chi connectivity index (χ0n) is 15.5. The molecule has 142 valence electrons. The number of pyridine rings is 1. The zero-order valence-corrected chi connectivity index (χ0v) is 15.5. The third kappa shape index (κ3) is 3.80. The predicted molar refractivity (Wildman–Crippen MR) is 103 cm³/mol. The Bertz CT molecular complexity index is 1030. The fourth-order valence-electron chi connectivity index (χ4n) is 3.40. The first kappa shape index (κ1) is 18.0. The maximum atomic E-state index is 12.7. The number of aryl methyl sites for hydroxylation is 1. The van der Waals surface area contributed by atoms with Crippen molar-refractivity contribution < 1.29 is 4.79 Å². The van der Waals surface area contributed by atoms with E-state index in [4.69, 9.17) is 0 Å². The summed E-state index contributed by atoms with van der Waals surface area (Å²) in [5.74, 6) is 0.340. The van der Waals surface area contributed by atoms with Gasteiger partial charge in [-0.1, -0.05) is 0 Å². The molecule has 0 saturated carbocycles. The number of H-pyrrole nitrogens is 1. The van der Waals surface area contributed by atoms with Gasteiger partial charge in [-0.15, -0.1) is 0 Å². The van der Waals surface area contributed by atoms with Crippen molar-refractivity contribution in [1.82, 2.24) is 29.8 Å². The highest BCUT2D eigenvalue weighted by Gasteiger charge is 2.27. The fraction of sp³-hybridized carbons (Fsp3) is 0.300. The van der Waals surface area contributed by atoms with Gasteiger partial charge >= 0.3 is 0 Å². The monoisotopic (exact) mass is 376 g/mol. The van der Waals surface area contributed by atoms with Crippen LogP contribution in [0.4, 0.5) is 0 Å². The van der Waals surface area contributed by atoms with E-state index in [-0.39, 0.29) is 17.4 Å². The second-order valence-electron chi connectivity index (χ2n) is 6.89. The minimum Gasteiger partial charge on any atom is -0.338 e. The van der Waals surface area contributed by atoms with Crippen LogP contribution in [0.2, 0.25) is 0 Å². The third-order valence-corrected chi connectivity index (χ3v) is 4.82. The Morgan fingerprint density at radius 3 is 2.89 bits per heavy atom. The molecule has 4 heterocycles. The number of carbonyl (C=O) groups is 1. The number of nitrogens with one attached hydrogen (secondary N) is 1. The minimum atomic E-state index is -0.238. The summed E-state index contributed by atoms with van der Waals surface area (Å²) in [5, 5.41) is 0. The van der Waals surface area contributed by atoms with Crippen LogP contribution in [0.5, 0.6) is 0 Å². The van der Waals surface area contributed by atoms with E-state index in [1.54, 1.807) is 41.8 Å². The molecule has 8 heteroatoms. The smallest absolute Gasteiger partial charge is 0.255 e. The van der Waals surface area contributed by atoms with Crippen LogP contribution >= 0.6 is 0 Å². The predicted octanol–water partition coefficient (Wildman–Crippen LogP) is 1.95. The molecule has 1 aliphatic rings. The molecule has 0 radical (unpaired) electrons. The van der Waals surface area contributed by atoms with Gasteiger partial charge in [-0.3, -0.25) is 19.6 Å². The van der Waals surface area contributed by atoms with E-state index in [1.165, 1.54) is 6.07 Å². The Morgan fingerprint density at radius 2 is 2.14 bits per heavy atom. The van der Waals surface area contributed by atoms with E-state index < -0.39 is 0 Å². The molecule has 0 spiro atoms. The Balaban J connectivity index is 1.59. The lowest BCUT2D eigenvalue weighted by atomic mass is 9.94. The Labute approximate surface area is 161 Å². The van der Waals surface area contributed by atoms with Crippen molar-refractivity contribution in [1.29, 1.82) is 0 Å². The van der Waals surface area contributed by atoms with E-state index in [2.05, 4.69) is 24.9 Å². The average Bonchev–Trinajstić information content (AvgIpc) is 2.74. The highest BCUT2D eigenvalue weighted by atomic mass is 16.2. The van der Waals surface area contributed by atoms with Gasteiger partial charge < -0.3 is 9.88 Å². The van der Waals surface area contributed by atoms with E-state index >= 15 is 0 Å². The van der Waals surface area contributed by atoms with Crippen molar-refractivity contribution >= 4 is 5.91 Å². The van der Waals surface area contributed by atoms with Gasteiger partial charge in [-0.2, -0.15) is 0 Å². The molecule has 1 fully saturated rings. The molecule has 1 atom stereocenters. The maximum absolute atomic E-state index is 12.7. The maximum Gasteiger partial charge on any atom is 0.255 e. The normalized spacial score (nSPS) is 16.8. The molecule has 1 saturated heterocycles. The van der Waals surface area contributed by atoms with Crippen LogP contribution in [-0.4, -0.2) is 48.8 Å². The highest BCUT2D eigenvalue weighted by Crippen LogP contribution is 2.26. The van der Waals surface area contributed by atoms with Gasteiger partial charge in [0.25, 0.3) is 11.5 Å². The standard InChI is InChI=1S/C20H20N6O2/c1-13-9-23-17(11-22-13)19-24-16(8-18(27)25-19)15-5-3-7-26(12-15)20(28)14-4-2-6-21-10-14/h2,4,6,8-11,15H,3,5,7,12H2,1H3,(H,24,25,27)/t15-/m1/s1. The number of likely N-dealkylation sites (tertiary alicyclic amines) is 1. The number of hydrogen-bond donors (Lipinski definition) is 1. The van der Waals surface area contributed by atoms with Gasteiger partial charge in [0.2, 0.25) is 0 Å².